The van der Waals surface area contributed by atoms with Crippen molar-refractivity contribution >= 4 is 78.7 Å². The van der Waals surface area contributed by atoms with E-state index in [1.165, 1.54) is 18.3 Å². The molecular weight excluding hydrogens is 769 g/mol. The molecule has 0 N–H and O–H groups in total. The molecule has 4 rings (SSSR count). The Labute approximate surface area is 239 Å². The second-order valence-electron chi connectivity index (χ2n) is 7.18. The lowest BCUT2D eigenvalue weighted by Crippen LogP contribution is -2.24. The second-order valence-corrected chi connectivity index (χ2v) is 12.8. The van der Waals surface area contributed by atoms with E-state index in [9.17, 15) is 0 Å². The summed E-state index contributed by atoms with van der Waals surface area (Å²) in [7, 11) is -0.214. The Bertz CT molecular complexity index is 1140. The Kier molecular flexibility index (Phi) is 9.23. The average Bonchev–Trinajstić information content (AvgIpc) is 2.82. The highest BCUT2D eigenvalue weighted by Gasteiger charge is 2.29. The molecule has 0 aromatic heterocycles. The molecule has 1 unspecified atom stereocenters. The van der Waals surface area contributed by atoms with Crippen LogP contribution in [0.15, 0.2) is 112 Å². The van der Waals surface area contributed by atoms with Crippen LogP contribution in [-0.4, -0.2) is 6.29 Å². The van der Waals surface area contributed by atoms with Crippen LogP contribution in [0.1, 0.15) is 13.3 Å². The third-order valence-corrected chi connectivity index (χ3v) is 9.25. The zero-order valence-corrected chi connectivity index (χ0v) is 25.2. The molecule has 0 aliphatic heterocycles. The Balaban J connectivity index is 1.62. The number of benzene rings is 4. The highest BCUT2D eigenvalue weighted by Crippen LogP contribution is 2.34. The van der Waals surface area contributed by atoms with Crippen LogP contribution in [0.2, 0.25) is 0 Å². The molecule has 4 aromatic rings. The molecule has 0 amide bonds. The number of hydrogen-bond acceptors (Lipinski definition) is 2. The van der Waals surface area contributed by atoms with Crippen LogP contribution in [0.5, 0.6) is 11.5 Å². The van der Waals surface area contributed by atoms with Crippen molar-refractivity contribution in [2.24, 2.45) is 0 Å². The summed E-state index contributed by atoms with van der Waals surface area (Å²) >= 11 is 6.99. The van der Waals surface area contributed by atoms with Crippen molar-refractivity contribution in [3.8, 4) is 11.5 Å². The second kappa shape index (κ2) is 12.1. The lowest BCUT2D eigenvalue weighted by molar-refractivity contribution is 0.00182. The van der Waals surface area contributed by atoms with Gasteiger partial charge in [0, 0.05) is 16.1 Å². The van der Waals surface area contributed by atoms with Crippen LogP contribution in [0.25, 0.3) is 0 Å². The molecular formula is C27H22I3O2S+. The summed E-state index contributed by atoms with van der Waals surface area (Å²) in [6.07, 6.45) is 0.378. The smallest absolute Gasteiger partial charge is 0.241 e. The maximum absolute atomic E-state index is 6.34. The van der Waals surface area contributed by atoms with Gasteiger partial charge in [-0.25, -0.2) is 0 Å². The molecule has 0 saturated carbocycles. The Morgan fingerprint density at radius 1 is 0.667 bits per heavy atom. The monoisotopic (exact) mass is 791 g/mol. The summed E-state index contributed by atoms with van der Waals surface area (Å²) in [5.74, 6) is 1.70. The van der Waals surface area contributed by atoms with Gasteiger partial charge in [-0.05, 0) is 116 Å². The van der Waals surface area contributed by atoms with Gasteiger partial charge < -0.3 is 9.47 Å². The van der Waals surface area contributed by atoms with Gasteiger partial charge in [0.25, 0.3) is 0 Å². The number of rotatable bonds is 8. The van der Waals surface area contributed by atoms with Crippen LogP contribution in [0.4, 0.5) is 0 Å². The number of hydrogen-bond donors (Lipinski definition) is 0. The summed E-state index contributed by atoms with van der Waals surface area (Å²) in [5, 5.41) is 0. The minimum Gasteiger partial charge on any atom is -0.455 e. The van der Waals surface area contributed by atoms with Gasteiger partial charge in [-0.1, -0.05) is 49.4 Å². The van der Waals surface area contributed by atoms with Gasteiger partial charge in [0.15, 0.2) is 20.4 Å². The molecule has 0 heterocycles. The maximum atomic E-state index is 6.34. The van der Waals surface area contributed by atoms with Crippen LogP contribution >= 0.6 is 67.8 Å². The fourth-order valence-electron chi connectivity index (χ4n) is 3.31. The van der Waals surface area contributed by atoms with Crippen molar-refractivity contribution in [1.82, 2.24) is 0 Å². The largest absolute Gasteiger partial charge is 0.455 e. The number of halogens is 3. The van der Waals surface area contributed by atoms with Crippen molar-refractivity contribution in [3.05, 3.63) is 108 Å². The normalized spacial score (nSPS) is 11.9. The molecule has 1 atom stereocenters. The first-order valence-electron chi connectivity index (χ1n) is 10.5. The molecule has 4 aromatic carbocycles. The van der Waals surface area contributed by atoms with Gasteiger partial charge in [0.1, 0.15) is 5.75 Å². The van der Waals surface area contributed by atoms with E-state index in [2.05, 4.69) is 166 Å². The van der Waals surface area contributed by atoms with E-state index < -0.39 is 0 Å². The molecule has 6 heteroatoms. The summed E-state index contributed by atoms with van der Waals surface area (Å²) in [6.45, 7) is 2.08. The van der Waals surface area contributed by atoms with Gasteiger partial charge in [-0.15, -0.1) is 0 Å². The van der Waals surface area contributed by atoms with Crippen molar-refractivity contribution in [1.29, 1.82) is 0 Å². The molecule has 0 bridgehead atoms. The topological polar surface area (TPSA) is 18.5 Å². The highest BCUT2D eigenvalue weighted by atomic mass is 127. The van der Waals surface area contributed by atoms with Gasteiger partial charge >= 0.3 is 0 Å². The van der Waals surface area contributed by atoms with Crippen LogP contribution < -0.4 is 9.47 Å². The van der Waals surface area contributed by atoms with Crippen LogP contribution in [-0.2, 0) is 10.9 Å². The molecule has 0 radical (unpaired) electrons. The van der Waals surface area contributed by atoms with E-state index in [-0.39, 0.29) is 17.2 Å². The molecule has 168 valence electrons. The van der Waals surface area contributed by atoms with E-state index in [0.717, 1.165) is 25.1 Å². The average molecular weight is 791 g/mol. The molecule has 33 heavy (non-hydrogen) atoms. The first kappa shape index (κ1) is 25.1. The quantitative estimate of drug-likeness (QED) is 0.101. The van der Waals surface area contributed by atoms with Gasteiger partial charge in [-0.2, -0.15) is 0 Å². The number of ether oxygens (including phenoxy) is 2. The minimum absolute atomic E-state index is 0.214. The SMILES string of the molecule is CCC(Oc1cccc([S+](c2ccccc2)c2ccccc2)c1)Oc1c(I)cc(I)cc1I. The van der Waals surface area contributed by atoms with E-state index in [4.69, 9.17) is 9.47 Å². The molecule has 0 aliphatic carbocycles. The predicted molar refractivity (Wildman–Crippen MR) is 161 cm³/mol. The van der Waals surface area contributed by atoms with Crippen molar-refractivity contribution in [2.75, 3.05) is 0 Å². The van der Waals surface area contributed by atoms with E-state index >= 15 is 0 Å². The molecule has 2 nitrogen and oxygen atoms in total. The highest BCUT2D eigenvalue weighted by molar-refractivity contribution is 14.1. The lowest BCUT2D eigenvalue weighted by atomic mass is 10.3. The van der Waals surface area contributed by atoms with E-state index in [0.29, 0.717) is 0 Å². The zero-order chi connectivity index (χ0) is 23.2. The van der Waals surface area contributed by atoms with Gasteiger partial charge in [0.05, 0.1) is 18.0 Å². The zero-order valence-electron chi connectivity index (χ0n) is 17.9. The van der Waals surface area contributed by atoms with E-state index in [1.807, 2.05) is 6.07 Å². The van der Waals surface area contributed by atoms with Crippen LogP contribution in [0.3, 0.4) is 0 Å². The van der Waals surface area contributed by atoms with Gasteiger partial charge in [-0.3, -0.25) is 0 Å². The first-order valence-corrected chi connectivity index (χ1v) is 14.9. The standard InChI is InChI=1S/C27H22I3O2S/c1-2-26(32-27-24(29)16-19(28)17-25(27)30)31-20-10-9-15-23(18-20)33(21-11-5-3-6-12-21)22-13-7-4-8-14-22/h3-18,26H,2H2,1H3/q+1. The molecule has 0 fully saturated rings. The maximum Gasteiger partial charge on any atom is 0.241 e. The van der Waals surface area contributed by atoms with Crippen LogP contribution in [0, 0.1) is 10.7 Å². The third kappa shape index (κ3) is 6.58. The van der Waals surface area contributed by atoms with Crippen molar-refractivity contribution < 1.29 is 9.47 Å². The summed E-state index contributed by atoms with van der Waals surface area (Å²) in [6, 6.07) is 34.0. The minimum atomic E-state index is -0.363. The fraction of sp³-hybridized carbons (Fsp3) is 0.111. The summed E-state index contributed by atoms with van der Waals surface area (Å²) in [4.78, 5) is 3.79. The fourth-order valence-corrected chi connectivity index (χ4v) is 9.27. The molecule has 0 aliphatic rings. The van der Waals surface area contributed by atoms with Gasteiger partial charge in [0.2, 0.25) is 6.29 Å². The van der Waals surface area contributed by atoms with Crippen molar-refractivity contribution in [2.45, 2.75) is 34.3 Å². The Morgan fingerprint density at radius 3 is 1.76 bits per heavy atom. The lowest BCUT2D eigenvalue weighted by Gasteiger charge is -2.21. The Morgan fingerprint density at radius 2 is 1.21 bits per heavy atom. The third-order valence-electron chi connectivity index (χ3n) is 4.81. The summed E-state index contributed by atoms with van der Waals surface area (Å²) in [5.41, 5.74) is 0. The van der Waals surface area contributed by atoms with E-state index in [1.54, 1.807) is 0 Å². The summed E-state index contributed by atoms with van der Waals surface area (Å²) < 4.78 is 16.0. The van der Waals surface area contributed by atoms with Crippen molar-refractivity contribution in [3.63, 3.8) is 0 Å². The first-order chi connectivity index (χ1) is 16.0. The Hall–Kier alpha value is -0.980. The molecule has 0 saturated heterocycles. The predicted octanol–water partition coefficient (Wildman–Crippen LogP) is 8.79. The molecule has 0 spiro atoms.